The van der Waals surface area contributed by atoms with Crippen LogP contribution >= 0.6 is 7.82 Å². The zero-order valence-corrected chi connectivity index (χ0v) is 33.4. The standard InChI is InChI=1S/C40H70O13P/c1-3-5-7-9-11-13-15-16-17-18-19-21-22-24-26-28-33(41)50-30-32(52-34(42)29-27-25-23-20-14-12-10-8-6-4-2)31-51-54(48,49)53-40-38(46)36(44)35(43)37(45)39(40)47/h4,6,10,12,20,23,32,35-40,43-47H,2-3,5,7-9,11,13-19,21-22,24-31H2,1H3,(H,48,49)/q-1/b12-10+,23-20+/t32-,35?,36-,37+,38-,39-,40?/m1/s1. The molecule has 8 atom stereocenters. The minimum absolute atomic E-state index is 0.0178. The first-order valence-electron chi connectivity index (χ1n) is 20.1. The highest BCUT2D eigenvalue weighted by Crippen LogP contribution is 2.47. The SMILES string of the molecule is C=C[CH-]C/C=C/C/C=C/CCCC(=O)O[C@H](COC(=O)CCCCCCCCCCCCCCCCC)COP(=O)(O)OC1[C@H](O)[C@H](O)C(O)[C@H](O)[C@H]1O. The second kappa shape index (κ2) is 31.1. The van der Waals surface area contributed by atoms with Crippen LogP contribution in [0.1, 0.15) is 142 Å². The van der Waals surface area contributed by atoms with Gasteiger partial charge in [-0.15, -0.1) is 6.08 Å². The van der Waals surface area contributed by atoms with Gasteiger partial charge in [0, 0.05) is 12.8 Å². The van der Waals surface area contributed by atoms with Crippen LogP contribution in [0.4, 0.5) is 0 Å². The summed E-state index contributed by atoms with van der Waals surface area (Å²) in [5.41, 5.74) is 0. The lowest BCUT2D eigenvalue weighted by atomic mass is 9.85. The van der Waals surface area contributed by atoms with Gasteiger partial charge in [-0.05, 0) is 25.7 Å². The van der Waals surface area contributed by atoms with E-state index in [4.69, 9.17) is 18.5 Å². The van der Waals surface area contributed by atoms with Gasteiger partial charge >= 0.3 is 19.8 Å². The number of unbranched alkanes of at least 4 members (excludes halogenated alkanes) is 16. The van der Waals surface area contributed by atoms with Crippen molar-refractivity contribution < 1.29 is 63.1 Å². The molecule has 0 saturated heterocycles. The third kappa shape index (κ3) is 23.8. The lowest BCUT2D eigenvalue weighted by Gasteiger charge is -2.41. The molecule has 1 fully saturated rings. The molecule has 0 bridgehead atoms. The molecular weight excluding hydrogens is 719 g/mol. The van der Waals surface area contributed by atoms with Gasteiger partial charge in [0.2, 0.25) is 0 Å². The summed E-state index contributed by atoms with van der Waals surface area (Å²) >= 11 is 0. The second-order valence-corrected chi connectivity index (χ2v) is 15.5. The second-order valence-electron chi connectivity index (χ2n) is 14.1. The van der Waals surface area contributed by atoms with E-state index in [2.05, 4.69) is 13.5 Å². The van der Waals surface area contributed by atoms with Crippen LogP contribution in [0.3, 0.4) is 0 Å². The van der Waals surface area contributed by atoms with Crippen molar-refractivity contribution in [3.05, 3.63) is 43.4 Å². The summed E-state index contributed by atoms with van der Waals surface area (Å²) < 4.78 is 33.3. The van der Waals surface area contributed by atoms with Crippen LogP contribution in [0.15, 0.2) is 37.0 Å². The van der Waals surface area contributed by atoms with Crippen molar-refractivity contribution in [1.82, 2.24) is 0 Å². The van der Waals surface area contributed by atoms with E-state index in [0.717, 1.165) is 32.1 Å². The third-order valence-corrected chi connectivity index (χ3v) is 10.2. The summed E-state index contributed by atoms with van der Waals surface area (Å²) in [5.74, 6) is -1.17. The van der Waals surface area contributed by atoms with Crippen molar-refractivity contribution in [1.29, 1.82) is 0 Å². The van der Waals surface area contributed by atoms with E-state index in [-0.39, 0.29) is 12.8 Å². The number of hydrogen-bond acceptors (Lipinski definition) is 12. The van der Waals surface area contributed by atoms with Crippen LogP contribution in [0.5, 0.6) is 0 Å². The van der Waals surface area contributed by atoms with Gasteiger partial charge in [-0.2, -0.15) is 0 Å². The number of ether oxygens (including phenoxy) is 2. The number of carbonyl (C=O) groups excluding carboxylic acids is 2. The van der Waals surface area contributed by atoms with E-state index < -0.39 is 75.7 Å². The highest BCUT2D eigenvalue weighted by Gasteiger charge is 2.51. The number of hydrogen-bond donors (Lipinski definition) is 6. The number of aliphatic hydroxyl groups is 5. The molecule has 314 valence electrons. The van der Waals surface area contributed by atoms with Crippen LogP contribution in [-0.2, 0) is 32.7 Å². The number of phosphoric ester groups is 1. The molecule has 3 unspecified atom stereocenters. The number of allylic oxidation sites excluding steroid dienone is 5. The smallest absolute Gasteiger partial charge is 0.462 e. The molecule has 0 radical (unpaired) electrons. The maximum Gasteiger partial charge on any atom is 0.472 e. The number of phosphoric acid groups is 1. The first-order chi connectivity index (χ1) is 25.9. The molecule has 54 heavy (non-hydrogen) atoms. The van der Waals surface area contributed by atoms with Gasteiger partial charge in [0.15, 0.2) is 6.10 Å². The molecule has 0 aromatic heterocycles. The van der Waals surface area contributed by atoms with E-state index in [1.165, 1.54) is 70.6 Å². The molecule has 0 aromatic rings. The van der Waals surface area contributed by atoms with E-state index in [0.29, 0.717) is 19.3 Å². The largest absolute Gasteiger partial charge is 0.472 e. The lowest BCUT2D eigenvalue weighted by Crippen LogP contribution is -2.64. The average Bonchev–Trinajstić information content (AvgIpc) is 3.15. The molecule has 1 aliphatic carbocycles. The third-order valence-electron chi connectivity index (χ3n) is 9.26. The molecule has 6 N–H and O–H groups in total. The zero-order chi connectivity index (χ0) is 40.0. The first kappa shape index (κ1) is 50.0. The molecule has 0 aromatic carbocycles. The number of esters is 2. The van der Waals surface area contributed by atoms with Crippen molar-refractivity contribution >= 4 is 19.8 Å². The summed E-state index contributed by atoms with van der Waals surface area (Å²) in [7, 11) is -5.12. The number of aliphatic hydroxyl groups excluding tert-OH is 5. The average molecular weight is 790 g/mol. The van der Waals surface area contributed by atoms with Gasteiger partial charge in [-0.25, -0.2) is 23.6 Å². The fourth-order valence-corrected chi connectivity index (χ4v) is 6.94. The molecule has 0 spiro atoms. The lowest BCUT2D eigenvalue weighted by molar-refractivity contribution is -0.220. The summed E-state index contributed by atoms with van der Waals surface area (Å²) in [6, 6.07) is 0. The molecule has 0 amide bonds. The predicted octanol–water partition coefficient (Wildman–Crippen LogP) is 6.48. The first-order valence-corrected chi connectivity index (χ1v) is 21.6. The van der Waals surface area contributed by atoms with Crippen LogP contribution in [-0.4, -0.2) is 98.3 Å². The van der Waals surface area contributed by atoms with Gasteiger partial charge in [0.1, 0.15) is 43.2 Å². The van der Waals surface area contributed by atoms with Crippen LogP contribution in [0, 0.1) is 6.42 Å². The Morgan fingerprint density at radius 2 is 1.19 bits per heavy atom. The zero-order valence-electron chi connectivity index (χ0n) is 32.5. The normalized spacial score (nSPS) is 23.3. The van der Waals surface area contributed by atoms with Gasteiger partial charge < -0.3 is 39.9 Å². The quantitative estimate of drug-likeness (QED) is 0.0139. The van der Waals surface area contributed by atoms with E-state index in [1.807, 2.05) is 30.7 Å². The highest BCUT2D eigenvalue weighted by molar-refractivity contribution is 7.47. The Hall–Kier alpha value is -2.06. The van der Waals surface area contributed by atoms with Crippen molar-refractivity contribution in [3.8, 4) is 0 Å². The Kier molecular flexibility index (Phi) is 28.7. The Morgan fingerprint density at radius 1 is 0.685 bits per heavy atom. The maximum absolute atomic E-state index is 12.7. The molecule has 1 saturated carbocycles. The minimum atomic E-state index is -5.12. The van der Waals surface area contributed by atoms with E-state index in [1.54, 1.807) is 6.08 Å². The fraction of sp³-hybridized carbons (Fsp3) is 0.775. The number of rotatable bonds is 33. The maximum atomic E-state index is 12.7. The van der Waals surface area contributed by atoms with Crippen LogP contribution in [0.2, 0.25) is 0 Å². The Bertz CT molecular complexity index is 1080. The van der Waals surface area contributed by atoms with Crippen LogP contribution in [0.25, 0.3) is 0 Å². The monoisotopic (exact) mass is 789 g/mol. The summed E-state index contributed by atoms with van der Waals surface area (Å²) in [4.78, 5) is 35.4. The van der Waals surface area contributed by atoms with Gasteiger partial charge in [-0.1, -0.05) is 121 Å². The van der Waals surface area contributed by atoms with E-state index in [9.17, 15) is 44.6 Å². The number of carbonyl (C=O) groups is 2. The van der Waals surface area contributed by atoms with Crippen molar-refractivity contribution in [2.24, 2.45) is 0 Å². The Labute approximate surface area is 323 Å². The molecule has 14 heteroatoms. The van der Waals surface area contributed by atoms with Crippen molar-refractivity contribution in [2.75, 3.05) is 13.2 Å². The Balaban J connectivity index is 2.51. The minimum Gasteiger partial charge on any atom is -0.462 e. The topological polar surface area (TPSA) is 210 Å². The molecule has 1 rings (SSSR count). The summed E-state index contributed by atoms with van der Waals surface area (Å²) in [6.45, 7) is 4.65. The Morgan fingerprint density at radius 3 is 1.74 bits per heavy atom. The van der Waals surface area contributed by atoms with Crippen molar-refractivity contribution in [3.63, 3.8) is 0 Å². The summed E-state index contributed by atoms with van der Waals surface area (Å²) in [6.07, 6.45) is 19.0. The molecule has 13 nitrogen and oxygen atoms in total. The molecule has 1 aliphatic rings. The molecule has 0 heterocycles. The highest BCUT2D eigenvalue weighted by atomic mass is 31.2. The van der Waals surface area contributed by atoms with Crippen molar-refractivity contribution in [2.45, 2.75) is 184 Å². The molecule has 0 aliphatic heterocycles. The molecular formula is C40H70O13P-. The van der Waals surface area contributed by atoms with E-state index >= 15 is 0 Å². The van der Waals surface area contributed by atoms with Crippen LogP contribution < -0.4 is 0 Å². The fourth-order valence-electron chi connectivity index (χ4n) is 5.97. The van der Waals surface area contributed by atoms with Gasteiger partial charge in [-0.3, -0.25) is 18.6 Å². The van der Waals surface area contributed by atoms with Gasteiger partial charge in [0.05, 0.1) is 6.61 Å². The van der Waals surface area contributed by atoms with Gasteiger partial charge in [0.25, 0.3) is 0 Å². The summed E-state index contributed by atoms with van der Waals surface area (Å²) in [5, 5.41) is 49.9. The predicted molar refractivity (Wildman–Crippen MR) is 207 cm³/mol.